The number of ether oxygens (including phenoxy) is 3. The second-order valence-corrected chi connectivity index (χ2v) is 6.06. The van der Waals surface area contributed by atoms with E-state index in [2.05, 4.69) is 0 Å². The van der Waals surface area contributed by atoms with Gasteiger partial charge in [-0.1, -0.05) is 6.08 Å². The Labute approximate surface area is 156 Å². The highest BCUT2D eigenvalue weighted by atomic mass is 16.6. The zero-order valence-electron chi connectivity index (χ0n) is 15.8. The summed E-state index contributed by atoms with van der Waals surface area (Å²) in [5.41, 5.74) is -0.550. The third-order valence-electron chi connectivity index (χ3n) is 4.14. The van der Waals surface area contributed by atoms with E-state index in [9.17, 15) is 19.2 Å². The van der Waals surface area contributed by atoms with Gasteiger partial charge in [0.25, 0.3) is 5.56 Å². The van der Waals surface area contributed by atoms with Crippen molar-refractivity contribution >= 4 is 11.9 Å². The van der Waals surface area contributed by atoms with Crippen molar-refractivity contribution in [2.75, 3.05) is 6.61 Å². The van der Waals surface area contributed by atoms with Crippen LogP contribution in [0.3, 0.4) is 0 Å². The number of aryl methyl sites for hydroxylation is 1. The van der Waals surface area contributed by atoms with Gasteiger partial charge in [-0.25, -0.2) is 4.79 Å². The molecule has 0 bridgehead atoms. The zero-order chi connectivity index (χ0) is 20.1. The van der Waals surface area contributed by atoms with Crippen molar-refractivity contribution < 1.29 is 23.8 Å². The highest BCUT2D eigenvalue weighted by molar-refractivity contribution is 5.66. The van der Waals surface area contributed by atoms with Crippen LogP contribution in [0.4, 0.5) is 0 Å². The summed E-state index contributed by atoms with van der Waals surface area (Å²) >= 11 is 0. The van der Waals surface area contributed by atoms with E-state index in [-0.39, 0.29) is 24.4 Å². The molecule has 0 N–H and O–H groups in total. The van der Waals surface area contributed by atoms with Crippen molar-refractivity contribution in [1.29, 1.82) is 0 Å². The Kier molecular flexibility index (Phi) is 6.73. The van der Waals surface area contributed by atoms with E-state index in [0.29, 0.717) is 6.54 Å². The van der Waals surface area contributed by atoms with Gasteiger partial charge in [-0.05, 0) is 19.9 Å². The molecule has 3 atom stereocenters. The van der Waals surface area contributed by atoms with E-state index in [4.69, 9.17) is 14.2 Å². The Hall–Kier alpha value is -2.68. The van der Waals surface area contributed by atoms with Crippen molar-refractivity contribution in [2.24, 2.45) is 0 Å². The summed E-state index contributed by atoms with van der Waals surface area (Å²) in [6.45, 7) is 6.53. The highest BCUT2D eigenvalue weighted by Gasteiger charge is 2.32. The second kappa shape index (κ2) is 8.81. The molecule has 1 aromatic rings. The summed E-state index contributed by atoms with van der Waals surface area (Å²) < 4.78 is 18.6. The van der Waals surface area contributed by atoms with Crippen molar-refractivity contribution in [1.82, 2.24) is 9.13 Å². The molecule has 1 aliphatic heterocycles. The van der Waals surface area contributed by atoms with E-state index >= 15 is 0 Å². The van der Waals surface area contributed by atoms with Crippen LogP contribution in [0.5, 0.6) is 0 Å². The topological polar surface area (TPSA) is 106 Å². The van der Waals surface area contributed by atoms with E-state index in [0.717, 1.165) is 4.57 Å². The largest absolute Gasteiger partial charge is 0.463 e. The lowest BCUT2D eigenvalue weighted by molar-refractivity contribution is -0.163. The average Bonchev–Trinajstić information content (AvgIpc) is 2.61. The van der Waals surface area contributed by atoms with E-state index in [1.165, 1.54) is 24.6 Å². The highest BCUT2D eigenvalue weighted by Crippen LogP contribution is 2.26. The molecule has 9 nitrogen and oxygen atoms in total. The Morgan fingerprint density at radius 1 is 1.11 bits per heavy atom. The van der Waals surface area contributed by atoms with Crippen molar-refractivity contribution in [2.45, 2.75) is 59.1 Å². The molecule has 1 aliphatic rings. The molecule has 0 aromatic carbocycles. The fourth-order valence-electron chi connectivity index (χ4n) is 2.84. The molecular weight excluding hydrogens is 356 g/mol. The average molecular weight is 380 g/mol. The number of nitrogens with zero attached hydrogens (tertiary/aromatic N) is 2. The molecule has 0 radical (unpaired) electrons. The molecule has 0 unspecified atom stereocenters. The Balaban J connectivity index is 2.41. The van der Waals surface area contributed by atoms with Crippen molar-refractivity contribution in [3.63, 3.8) is 0 Å². The second-order valence-electron chi connectivity index (χ2n) is 6.06. The number of aromatic nitrogens is 2. The lowest BCUT2D eigenvalue weighted by atomic mass is 10.0. The van der Waals surface area contributed by atoms with Crippen LogP contribution in [0.1, 0.15) is 39.4 Å². The number of hydrogen-bond acceptors (Lipinski definition) is 7. The third-order valence-corrected chi connectivity index (χ3v) is 4.14. The van der Waals surface area contributed by atoms with Gasteiger partial charge in [0, 0.05) is 33.1 Å². The summed E-state index contributed by atoms with van der Waals surface area (Å²) in [4.78, 5) is 47.4. The SMILES string of the molecule is CCn1cc([C@@H]2C=C[C@H](OC(C)=O)[C@@H](COC(C)=O)O2)c(=O)n(CC)c1=O. The predicted molar refractivity (Wildman–Crippen MR) is 95.3 cm³/mol. The summed E-state index contributed by atoms with van der Waals surface area (Å²) in [5, 5.41) is 0. The number of carbonyl (C=O) groups excluding carboxylic acids is 2. The number of rotatable bonds is 6. The van der Waals surface area contributed by atoms with Crippen LogP contribution in [0.15, 0.2) is 27.9 Å². The minimum absolute atomic E-state index is 0.135. The van der Waals surface area contributed by atoms with E-state index in [1.54, 1.807) is 26.0 Å². The van der Waals surface area contributed by atoms with Crippen LogP contribution >= 0.6 is 0 Å². The third kappa shape index (κ3) is 4.73. The molecule has 0 fully saturated rings. The first kappa shape index (κ1) is 20.6. The normalized spacial score (nSPS) is 21.7. The van der Waals surface area contributed by atoms with Crippen LogP contribution in [0.25, 0.3) is 0 Å². The number of esters is 2. The van der Waals surface area contributed by atoms with Gasteiger partial charge in [0.05, 0.1) is 5.56 Å². The Morgan fingerprint density at radius 3 is 2.37 bits per heavy atom. The predicted octanol–water partition coefficient (Wildman–Crippen LogP) is 0.541. The number of hydrogen-bond donors (Lipinski definition) is 0. The molecule has 0 amide bonds. The van der Waals surface area contributed by atoms with Crippen LogP contribution in [0, 0.1) is 0 Å². The van der Waals surface area contributed by atoms with Crippen LogP contribution in [0.2, 0.25) is 0 Å². The van der Waals surface area contributed by atoms with Crippen molar-refractivity contribution in [3.8, 4) is 0 Å². The van der Waals surface area contributed by atoms with Gasteiger partial charge in [0.15, 0.2) is 0 Å². The lowest BCUT2D eigenvalue weighted by Gasteiger charge is -2.31. The van der Waals surface area contributed by atoms with Crippen LogP contribution in [-0.2, 0) is 36.9 Å². The van der Waals surface area contributed by atoms with Gasteiger partial charge in [-0.3, -0.25) is 19.0 Å². The molecule has 0 saturated heterocycles. The zero-order valence-corrected chi connectivity index (χ0v) is 15.8. The van der Waals surface area contributed by atoms with E-state index in [1.807, 2.05) is 0 Å². The van der Waals surface area contributed by atoms with Gasteiger partial charge >= 0.3 is 17.6 Å². The molecule has 27 heavy (non-hydrogen) atoms. The van der Waals surface area contributed by atoms with Crippen LogP contribution in [-0.4, -0.2) is 39.9 Å². The maximum absolute atomic E-state index is 12.7. The molecule has 0 spiro atoms. The molecule has 9 heteroatoms. The molecule has 148 valence electrons. The summed E-state index contributed by atoms with van der Waals surface area (Å²) in [5.74, 6) is -1.01. The summed E-state index contributed by atoms with van der Waals surface area (Å²) in [7, 11) is 0. The van der Waals surface area contributed by atoms with E-state index < -0.39 is 35.8 Å². The Bertz CT molecular complexity index is 852. The molecule has 0 saturated carbocycles. The van der Waals surface area contributed by atoms with Gasteiger partial charge in [-0.2, -0.15) is 0 Å². The summed E-state index contributed by atoms with van der Waals surface area (Å²) in [6.07, 6.45) is 2.38. The van der Waals surface area contributed by atoms with Gasteiger partial charge < -0.3 is 18.8 Å². The van der Waals surface area contributed by atoms with Gasteiger partial charge in [-0.15, -0.1) is 0 Å². The molecular formula is C18H24N2O7. The first-order chi connectivity index (χ1) is 12.8. The Morgan fingerprint density at radius 2 is 1.81 bits per heavy atom. The fraction of sp³-hybridized carbons (Fsp3) is 0.556. The fourth-order valence-corrected chi connectivity index (χ4v) is 2.84. The smallest absolute Gasteiger partial charge is 0.330 e. The summed E-state index contributed by atoms with van der Waals surface area (Å²) in [6, 6.07) is 0. The van der Waals surface area contributed by atoms with Gasteiger partial charge in [0.1, 0.15) is 24.9 Å². The minimum Gasteiger partial charge on any atom is -0.463 e. The molecule has 2 rings (SSSR count). The molecule has 2 heterocycles. The molecule has 0 aliphatic carbocycles. The number of carbonyl (C=O) groups is 2. The monoisotopic (exact) mass is 380 g/mol. The maximum Gasteiger partial charge on any atom is 0.330 e. The first-order valence-electron chi connectivity index (χ1n) is 8.77. The molecule has 1 aromatic heterocycles. The van der Waals surface area contributed by atoms with Gasteiger partial charge in [0.2, 0.25) is 0 Å². The first-order valence-corrected chi connectivity index (χ1v) is 8.77. The maximum atomic E-state index is 12.7. The lowest BCUT2D eigenvalue weighted by Crippen LogP contribution is -2.44. The quantitative estimate of drug-likeness (QED) is 0.524. The van der Waals surface area contributed by atoms with Crippen LogP contribution < -0.4 is 11.2 Å². The minimum atomic E-state index is -0.774. The van der Waals surface area contributed by atoms with Crippen molar-refractivity contribution in [3.05, 3.63) is 44.8 Å². The standard InChI is InChI=1S/C18H24N2O7/c1-5-19-9-13(17(23)20(6-2)18(19)24)14-7-8-15(26-12(4)22)16(27-14)10-25-11(3)21/h7-9,14-16H,5-6,10H2,1-4H3/t14-,15-,16+/m0/s1.